The van der Waals surface area contributed by atoms with Crippen molar-refractivity contribution in [1.29, 1.82) is 0 Å². The first-order valence-corrected chi connectivity index (χ1v) is 7.52. The SMILES string of the molecule is CCC(O)O[Si](CC)(CC)CC. The second-order valence-electron chi connectivity index (χ2n) is 3.22. The Hall–Kier alpha value is 0.137. The molecule has 0 bridgehead atoms. The lowest BCUT2D eigenvalue weighted by Gasteiger charge is -2.30. The van der Waals surface area contributed by atoms with Crippen molar-refractivity contribution in [2.24, 2.45) is 0 Å². The Balaban J connectivity index is 4.09. The molecule has 2 nitrogen and oxygen atoms in total. The summed E-state index contributed by atoms with van der Waals surface area (Å²) in [6.45, 7) is 8.45. The fourth-order valence-corrected chi connectivity index (χ4v) is 4.12. The maximum atomic E-state index is 9.40. The van der Waals surface area contributed by atoms with Gasteiger partial charge >= 0.3 is 0 Å². The highest BCUT2D eigenvalue weighted by Gasteiger charge is 2.30. The molecule has 0 fully saturated rings. The van der Waals surface area contributed by atoms with E-state index in [1.807, 2.05) is 6.92 Å². The van der Waals surface area contributed by atoms with E-state index in [0.717, 1.165) is 18.1 Å². The maximum absolute atomic E-state index is 9.40. The monoisotopic (exact) mass is 190 g/mol. The van der Waals surface area contributed by atoms with Crippen molar-refractivity contribution in [3.05, 3.63) is 0 Å². The molecule has 0 heterocycles. The van der Waals surface area contributed by atoms with Gasteiger partial charge in [-0.05, 0) is 24.6 Å². The third-order valence-electron chi connectivity index (χ3n) is 2.67. The van der Waals surface area contributed by atoms with Crippen LogP contribution < -0.4 is 0 Å². The Morgan fingerprint density at radius 1 is 1.08 bits per heavy atom. The molecule has 0 rings (SSSR count). The summed E-state index contributed by atoms with van der Waals surface area (Å²) < 4.78 is 5.73. The minimum atomic E-state index is -1.55. The van der Waals surface area contributed by atoms with Crippen molar-refractivity contribution in [2.75, 3.05) is 0 Å². The first kappa shape index (κ1) is 12.1. The van der Waals surface area contributed by atoms with Crippen LogP contribution in [-0.2, 0) is 4.43 Å². The number of hydrogen-bond acceptors (Lipinski definition) is 2. The van der Waals surface area contributed by atoms with Crippen molar-refractivity contribution < 1.29 is 9.53 Å². The van der Waals surface area contributed by atoms with E-state index < -0.39 is 14.6 Å². The van der Waals surface area contributed by atoms with Crippen LogP contribution in [0.1, 0.15) is 34.1 Å². The lowest BCUT2D eigenvalue weighted by molar-refractivity contribution is -0.0284. The van der Waals surface area contributed by atoms with Crippen LogP contribution in [0, 0.1) is 0 Å². The van der Waals surface area contributed by atoms with E-state index in [-0.39, 0.29) is 0 Å². The first-order chi connectivity index (χ1) is 5.64. The molecule has 12 heavy (non-hydrogen) atoms. The Morgan fingerprint density at radius 2 is 1.50 bits per heavy atom. The van der Waals surface area contributed by atoms with Crippen molar-refractivity contribution in [1.82, 2.24) is 0 Å². The molecule has 0 aliphatic rings. The molecular weight excluding hydrogens is 168 g/mol. The molecule has 0 spiro atoms. The Kier molecular flexibility index (Phi) is 5.79. The second kappa shape index (κ2) is 5.73. The summed E-state index contributed by atoms with van der Waals surface area (Å²) in [5, 5.41) is 9.40. The quantitative estimate of drug-likeness (QED) is 0.515. The molecule has 1 unspecified atom stereocenters. The summed E-state index contributed by atoms with van der Waals surface area (Å²) in [6, 6.07) is 3.32. The van der Waals surface area contributed by atoms with Crippen LogP contribution in [0.15, 0.2) is 0 Å². The van der Waals surface area contributed by atoms with Crippen LogP contribution in [0.3, 0.4) is 0 Å². The van der Waals surface area contributed by atoms with E-state index >= 15 is 0 Å². The van der Waals surface area contributed by atoms with Gasteiger partial charge in [0.15, 0.2) is 8.32 Å². The Morgan fingerprint density at radius 3 is 1.75 bits per heavy atom. The van der Waals surface area contributed by atoms with Gasteiger partial charge in [0, 0.05) is 0 Å². The van der Waals surface area contributed by atoms with Crippen molar-refractivity contribution in [3.8, 4) is 0 Å². The third-order valence-corrected chi connectivity index (χ3v) is 7.31. The van der Waals surface area contributed by atoms with Gasteiger partial charge in [-0.15, -0.1) is 0 Å². The normalized spacial score (nSPS) is 14.8. The van der Waals surface area contributed by atoms with Gasteiger partial charge in [0.25, 0.3) is 0 Å². The van der Waals surface area contributed by atoms with Crippen molar-refractivity contribution >= 4 is 8.32 Å². The highest BCUT2D eigenvalue weighted by atomic mass is 28.4. The predicted molar refractivity (Wildman–Crippen MR) is 54.6 cm³/mol. The zero-order chi connectivity index (χ0) is 9.61. The lowest BCUT2D eigenvalue weighted by Crippen LogP contribution is -2.39. The van der Waals surface area contributed by atoms with Gasteiger partial charge in [0.05, 0.1) is 0 Å². The molecule has 74 valence electrons. The lowest BCUT2D eigenvalue weighted by atomic mass is 10.5. The highest BCUT2D eigenvalue weighted by Crippen LogP contribution is 2.23. The van der Waals surface area contributed by atoms with Gasteiger partial charge in [-0.3, -0.25) is 0 Å². The minimum absolute atomic E-state index is 0.531. The van der Waals surface area contributed by atoms with Gasteiger partial charge in [-0.1, -0.05) is 27.7 Å². The van der Waals surface area contributed by atoms with Gasteiger partial charge in [0.1, 0.15) is 6.29 Å². The van der Waals surface area contributed by atoms with E-state index in [4.69, 9.17) is 4.43 Å². The zero-order valence-electron chi connectivity index (χ0n) is 8.76. The van der Waals surface area contributed by atoms with E-state index in [2.05, 4.69) is 20.8 Å². The molecule has 0 saturated heterocycles. The summed E-state index contributed by atoms with van der Waals surface area (Å²) in [7, 11) is -1.55. The predicted octanol–water partition coefficient (Wildman–Crippen LogP) is 2.74. The van der Waals surface area contributed by atoms with E-state index in [1.54, 1.807) is 0 Å². The fourth-order valence-electron chi connectivity index (χ4n) is 1.37. The molecule has 0 radical (unpaired) electrons. The Bertz CT molecular complexity index is 105. The average molecular weight is 190 g/mol. The Labute approximate surface area is 77.1 Å². The highest BCUT2D eigenvalue weighted by molar-refractivity contribution is 6.73. The zero-order valence-corrected chi connectivity index (χ0v) is 9.76. The first-order valence-electron chi connectivity index (χ1n) is 5.00. The molecule has 0 saturated carbocycles. The molecule has 0 aromatic heterocycles. The molecule has 0 aliphatic carbocycles. The van der Waals surface area contributed by atoms with Crippen LogP contribution in [0.4, 0.5) is 0 Å². The van der Waals surface area contributed by atoms with Crippen molar-refractivity contribution in [2.45, 2.75) is 58.5 Å². The number of aliphatic hydroxyl groups excluding tert-OH is 1. The summed E-state index contributed by atoms with van der Waals surface area (Å²) in [5.74, 6) is 0. The van der Waals surface area contributed by atoms with E-state index in [1.165, 1.54) is 0 Å². The number of rotatable bonds is 6. The van der Waals surface area contributed by atoms with Gasteiger partial charge in [0.2, 0.25) is 0 Å². The van der Waals surface area contributed by atoms with Gasteiger partial charge in [-0.2, -0.15) is 0 Å². The number of hydrogen-bond donors (Lipinski definition) is 1. The van der Waals surface area contributed by atoms with Crippen LogP contribution in [0.25, 0.3) is 0 Å². The van der Waals surface area contributed by atoms with Crippen LogP contribution >= 0.6 is 0 Å². The smallest absolute Gasteiger partial charge is 0.195 e. The molecule has 0 aromatic rings. The molecule has 1 atom stereocenters. The summed E-state index contributed by atoms with van der Waals surface area (Å²) >= 11 is 0. The number of aliphatic hydroxyl groups is 1. The average Bonchev–Trinajstić information content (AvgIpc) is 2.14. The summed E-state index contributed by atoms with van der Waals surface area (Å²) in [4.78, 5) is 0. The molecule has 0 aliphatic heterocycles. The molecular formula is C9H22O2Si. The van der Waals surface area contributed by atoms with Crippen LogP contribution in [-0.4, -0.2) is 19.7 Å². The van der Waals surface area contributed by atoms with E-state index in [0.29, 0.717) is 6.42 Å². The molecule has 3 heteroatoms. The standard InChI is InChI=1S/C9H22O2Si/c1-5-9(10)11-12(6-2,7-3)8-4/h9-10H,5-8H2,1-4H3. The second-order valence-corrected chi connectivity index (χ2v) is 7.95. The maximum Gasteiger partial charge on any atom is 0.195 e. The van der Waals surface area contributed by atoms with Crippen molar-refractivity contribution in [3.63, 3.8) is 0 Å². The fraction of sp³-hybridized carbons (Fsp3) is 1.00. The summed E-state index contributed by atoms with van der Waals surface area (Å²) in [5.41, 5.74) is 0. The van der Waals surface area contributed by atoms with Crippen LogP contribution in [0.2, 0.25) is 18.1 Å². The van der Waals surface area contributed by atoms with Crippen LogP contribution in [0.5, 0.6) is 0 Å². The van der Waals surface area contributed by atoms with E-state index in [9.17, 15) is 5.11 Å². The third kappa shape index (κ3) is 3.25. The summed E-state index contributed by atoms with van der Waals surface area (Å²) in [6.07, 6.45) is 0.172. The molecule has 0 amide bonds. The van der Waals surface area contributed by atoms with Gasteiger partial charge < -0.3 is 9.53 Å². The molecule has 0 aromatic carbocycles. The topological polar surface area (TPSA) is 29.5 Å². The minimum Gasteiger partial charge on any atom is -0.392 e. The van der Waals surface area contributed by atoms with Gasteiger partial charge in [-0.25, -0.2) is 0 Å². The molecule has 1 N–H and O–H groups in total. The largest absolute Gasteiger partial charge is 0.392 e.